The van der Waals surface area contributed by atoms with Crippen LogP contribution in [0.5, 0.6) is 0 Å². The molecule has 0 saturated carbocycles. The van der Waals surface area contributed by atoms with Gasteiger partial charge in [0.05, 0.1) is 0 Å². The van der Waals surface area contributed by atoms with Gasteiger partial charge in [-0.3, -0.25) is 0 Å². The van der Waals surface area contributed by atoms with Gasteiger partial charge in [-0.1, -0.05) is 306 Å². The second kappa shape index (κ2) is 33.0. The van der Waals surface area contributed by atoms with Gasteiger partial charge in [0.2, 0.25) is 0 Å². The third-order valence-electron chi connectivity index (χ3n) is 9.74. The Hall–Kier alpha value is -8.59. The van der Waals surface area contributed by atoms with Gasteiger partial charge in [-0.05, 0) is 51.2 Å². The number of nitrogens with zero attached hydrogens (tertiary/aromatic N) is 6. The molecule has 0 fully saturated rings. The van der Waals surface area contributed by atoms with E-state index in [0.717, 1.165) is 51.2 Å². The molecule has 0 saturated heterocycles. The number of hydrogen-bond donors (Lipinski definition) is 3. The number of nitrogens with one attached hydrogen (secondary N) is 3. The van der Waals surface area contributed by atoms with Gasteiger partial charge in [0, 0.05) is 17.9 Å². The zero-order valence-corrected chi connectivity index (χ0v) is 42.4. The van der Waals surface area contributed by atoms with Crippen LogP contribution in [-0.2, 0) is 19.5 Å². The first-order valence-electron chi connectivity index (χ1n) is 23.8. The van der Waals surface area contributed by atoms with E-state index in [0.29, 0.717) is 17.9 Å². The summed E-state index contributed by atoms with van der Waals surface area (Å²) in [5.74, 6) is 1.68. The molecule has 0 aliphatic heterocycles. The van der Waals surface area contributed by atoms with Crippen molar-refractivity contribution in [1.29, 1.82) is 0 Å². The van der Waals surface area contributed by atoms with Crippen LogP contribution >= 0.6 is 0 Å². The molecule has 0 unspecified atom stereocenters. The summed E-state index contributed by atoms with van der Waals surface area (Å²) in [7, 11) is 0. The number of hydrogen-bond acceptors (Lipinski definition) is 3. The van der Waals surface area contributed by atoms with E-state index in [1.165, 1.54) is 19.3 Å². The van der Waals surface area contributed by atoms with Crippen molar-refractivity contribution >= 4 is 69.1 Å². The Morgan fingerprint density at radius 3 is 0.681 bits per heavy atom. The fourth-order valence-corrected chi connectivity index (χ4v) is 6.30. The van der Waals surface area contributed by atoms with E-state index in [1.807, 2.05) is 273 Å². The number of anilines is 3. The fourth-order valence-electron chi connectivity index (χ4n) is 6.30. The molecule has 0 amide bonds. The molecule has 10 heteroatoms. The minimum absolute atomic E-state index is 0. The topological polar surface area (TPSA) is 115 Å². The number of para-hydroxylation sites is 9. The minimum Gasteiger partial charge on any atom is -0.412 e. The Morgan fingerprint density at radius 1 is 0.292 bits per heavy atom. The van der Waals surface area contributed by atoms with E-state index in [-0.39, 0.29) is 19.5 Å². The molecule has 1 radical (unpaired) electrons. The van der Waals surface area contributed by atoms with Crippen LogP contribution in [0.2, 0.25) is 0 Å². The van der Waals surface area contributed by atoms with Gasteiger partial charge in [-0.15, -0.1) is 0 Å². The third-order valence-corrected chi connectivity index (χ3v) is 9.74. The Labute approximate surface area is 439 Å². The Bertz CT molecular complexity index is 2410. The molecule has 9 aromatic rings. The molecular formula is C62H60N9Ru. The van der Waals surface area contributed by atoms with Gasteiger partial charge < -0.3 is 46.9 Å². The zero-order valence-electron chi connectivity index (χ0n) is 40.6. The van der Waals surface area contributed by atoms with Gasteiger partial charge in [-0.2, -0.15) is 0 Å². The number of rotatable bonds is 11. The van der Waals surface area contributed by atoms with Crippen LogP contribution in [0.25, 0.3) is 16.0 Å². The van der Waals surface area contributed by atoms with E-state index in [9.17, 15) is 0 Å². The summed E-state index contributed by atoms with van der Waals surface area (Å²) in [4.78, 5) is 13.8. The first-order chi connectivity index (χ1) is 35.1. The number of guanidine groups is 3. The van der Waals surface area contributed by atoms with E-state index in [2.05, 4.69) is 60.7 Å². The molecule has 0 atom stereocenters. The standard InChI is InChI=1S/3C19H16N3.C5H12.Ru/c3*1-4-10-16(11-5-1)20-19(21-17-12-6-2-7-13-17)22-18-14-8-3-9-15-18;1-3-5-4-2;/h3*1-15H,(H-,20,21,22);3-5H2,1-2H3;/q3*-1;;+3. The monoisotopic (exact) mass is 1030 g/mol. The SMILES string of the molecule is CCCCC.[Ru+3].c1ccc(N=C([N-]c2ccccc2)Nc2ccccc2)cc1.c1ccc(N=C([N-]c2ccccc2)Nc2ccccc2)cc1.c1ccc(N=C([N-]c2ccccc2)Nc2ccccc2)cc1. The van der Waals surface area contributed by atoms with Gasteiger partial charge >= 0.3 is 19.5 Å². The molecule has 0 aliphatic carbocycles. The molecule has 9 nitrogen and oxygen atoms in total. The molecule has 72 heavy (non-hydrogen) atoms. The van der Waals surface area contributed by atoms with Crippen LogP contribution in [0, 0.1) is 0 Å². The van der Waals surface area contributed by atoms with Crippen LogP contribution in [-0.4, -0.2) is 17.9 Å². The van der Waals surface area contributed by atoms with Gasteiger partial charge in [0.25, 0.3) is 0 Å². The molecule has 0 heterocycles. The van der Waals surface area contributed by atoms with E-state index in [1.54, 1.807) is 0 Å². The predicted octanol–water partition coefficient (Wildman–Crippen LogP) is 18.7. The summed E-state index contributed by atoms with van der Waals surface area (Å²) in [6.07, 6.45) is 4.08. The maximum Gasteiger partial charge on any atom is 3.00 e. The van der Waals surface area contributed by atoms with Crippen molar-refractivity contribution in [2.45, 2.75) is 33.1 Å². The molecule has 9 rings (SSSR count). The summed E-state index contributed by atoms with van der Waals surface area (Å²) in [6, 6.07) is 88.5. The summed E-state index contributed by atoms with van der Waals surface area (Å²) in [5.41, 5.74) is 8.04. The van der Waals surface area contributed by atoms with Crippen molar-refractivity contribution < 1.29 is 19.5 Å². The summed E-state index contributed by atoms with van der Waals surface area (Å²) in [5, 5.41) is 23.5. The largest absolute Gasteiger partial charge is 3.00 e. The molecule has 0 aromatic heterocycles. The van der Waals surface area contributed by atoms with Crippen LogP contribution < -0.4 is 16.0 Å². The summed E-state index contributed by atoms with van der Waals surface area (Å²) >= 11 is 0. The normalized spacial score (nSPS) is 10.7. The number of unbranched alkanes of at least 4 members (excludes halogenated alkanes) is 2. The second-order valence-electron chi connectivity index (χ2n) is 15.5. The molecule has 0 spiro atoms. The van der Waals surface area contributed by atoms with E-state index >= 15 is 0 Å². The maximum atomic E-state index is 4.59. The second-order valence-corrected chi connectivity index (χ2v) is 15.5. The smallest absolute Gasteiger partial charge is 0.412 e. The quantitative estimate of drug-likeness (QED) is 0.0681. The van der Waals surface area contributed by atoms with Crippen LogP contribution in [0.1, 0.15) is 33.1 Å². The van der Waals surface area contributed by atoms with Crippen molar-refractivity contribution in [1.82, 2.24) is 0 Å². The van der Waals surface area contributed by atoms with Crippen molar-refractivity contribution in [3.8, 4) is 0 Å². The summed E-state index contributed by atoms with van der Waals surface area (Å²) < 4.78 is 0. The number of aliphatic imine (C=N–C) groups is 3. The first-order valence-corrected chi connectivity index (χ1v) is 23.8. The first kappa shape index (κ1) is 54.4. The molecule has 0 bridgehead atoms. The van der Waals surface area contributed by atoms with Crippen LogP contribution in [0.15, 0.2) is 288 Å². The van der Waals surface area contributed by atoms with Gasteiger partial charge in [-0.25, -0.2) is 0 Å². The molecule has 3 N–H and O–H groups in total. The van der Waals surface area contributed by atoms with Crippen molar-refractivity contribution in [2.24, 2.45) is 15.0 Å². The number of benzene rings is 9. The van der Waals surface area contributed by atoms with Crippen LogP contribution in [0.3, 0.4) is 0 Å². The van der Waals surface area contributed by atoms with Gasteiger partial charge in [0.15, 0.2) is 0 Å². The Balaban J connectivity index is 0.000000190. The van der Waals surface area contributed by atoms with E-state index in [4.69, 9.17) is 0 Å². The van der Waals surface area contributed by atoms with Crippen molar-refractivity contribution in [3.63, 3.8) is 0 Å². The Morgan fingerprint density at radius 2 is 0.486 bits per heavy atom. The Kier molecular flexibility index (Phi) is 24.9. The van der Waals surface area contributed by atoms with Crippen LogP contribution in [0.4, 0.5) is 51.2 Å². The van der Waals surface area contributed by atoms with Crippen molar-refractivity contribution in [3.05, 3.63) is 289 Å². The third kappa shape index (κ3) is 21.8. The molecule has 0 aliphatic rings. The predicted molar refractivity (Wildman–Crippen MR) is 304 cm³/mol. The minimum atomic E-state index is 0. The zero-order chi connectivity index (χ0) is 49.2. The molecule has 9 aromatic carbocycles. The summed E-state index contributed by atoms with van der Waals surface area (Å²) in [6.45, 7) is 4.42. The van der Waals surface area contributed by atoms with E-state index < -0.39 is 0 Å². The van der Waals surface area contributed by atoms with Gasteiger partial charge in [0.1, 0.15) is 0 Å². The molecule has 361 valence electrons. The maximum absolute atomic E-state index is 4.59. The van der Waals surface area contributed by atoms with Crippen molar-refractivity contribution in [2.75, 3.05) is 16.0 Å². The average molecular weight is 1030 g/mol. The fraction of sp³-hybridized carbons (Fsp3) is 0.0806. The average Bonchev–Trinajstić information content (AvgIpc) is 3.42. The molecular weight excluding hydrogens is 972 g/mol.